The molecule has 1 saturated heterocycles. The first-order valence-electron chi connectivity index (χ1n) is 5.08. The third-order valence-electron chi connectivity index (χ3n) is 2.32. The molecule has 1 aliphatic rings. The number of ether oxygens (including phenoxy) is 2. The number of carbonyl (C=O) groups is 1. The second kappa shape index (κ2) is 5.52. The van der Waals surface area contributed by atoms with Crippen LogP contribution in [0.5, 0.6) is 0 Å². The van der Waals surface area contributed by atoms with Crippen molar-refractivity contribution in [2.24, 2.45) is 0 Å². The van der Waals surface area contributed by atoms with Crippen molar-refractivity contribution in [3.63, 3.8) is 0 Å². The van der Waals surface area contributed by atoms with Crippen LogP contribution in [0.1, 0.15) is 5.69 Å². The Balaban J connectivity index is 1.93. The van der Waals surface area contributed by atoms with E-state index in [0.717, 1.165) is 10.2 Å². The number of hydrogen-bond acceptors (Lipinski definition) is 4. The molecule has 16 heavy (non-hydrogen) atoms. The lowest BCUT2D eigenvalue weighted by Crippen LogP contribution is -2.36. The molecule has 1 aromatic heterocycles. The van der Waals surface area contributed by atoms with Crippen LogP contribution >= 0.6 is 15.9 Å². The first kappa shape index (κ1) is 11.7. The minimum absolute atomic E-state index is 0.0227. The lowest BCUT2D eigenvalue weighted by atomic mass is 10.1. The number of pyridine rings is 1. The predicted octanol–water partition coefficient (Wildman–Crippen LogP) is 1.37. The highest BCUT2D eigenvalue weighted by molar-refractivity contribution is 9.10. The van der Waals surface area contributed by atoms with Gasteiger partial charge in [0, 0.05) is 16.4 Å². The predicted molar refractivity (Wildman–Crippen MR) is 61.2 cm³/mol. The van der Waals surface area contributed by atoms with Gasteiger partial charge in [-0.25, -0.2) is 0 Å². The number of halogens is 1. The molecule has 86 valence electrons. The average molecular weight is 286 g/mol. The Morgan fingerprint density at radius 3 is 3.00 bits per heavy atom. The molecule has 0 aromatic carbocycles. The molecule has 0 amide bonds. The molecule has 1 aromatic rings. The minimum atomic E-state index is -0.431. The molecule has 1 fully saturated rings. The van der Waals surface area contributed by atoms with Crippen LogP contribution in [0.3, 0.4) is 0 Å². The minimum Gasteiger partial charge on any atom is -0.376 e. The van der Waals surface area contributed by atoms with Crippen LogP contribution < -0.4 is 0 Å². The summed E-state index contributed by atoms with van der Waals surface area (Å²) in [6.07, 6.45) is 1.54. The van der Waals surface area contributed by atoms with E-state index < -0.39 is 6.10 Å². The van der Waals surface area contributed by atoms with E-state index >= 15 is 0 Å². The van der Waals surface area contributed by atoms with Gasteiger partial charge in [-0.3, -0.25) is 9.78 Å². The Labute approximate surface area is 102 Å². The SMILES string of the molecule is O=C(Cc1ccc(Br)cn1)C1COCCO1. The Kier molecular flexibility index (Phi) is 4.04. The van der Waals surface area contributed by atoms with Crippen LogP contribution in [0, 0.1) is 0 Å². The lowest BCUT2D eigenvalue weighted by Gasteiger charge is -2.21. The molecule has 0 radical (unpaired) electrons. The second-order valence-electron chi connectivity index (χ2n) is 3.55. The molecule has 1 atom stereocenters. The maximum atomic E-state index is 11.8. The molecule has 0 bridgehead atoms. The molecule has 0 spiro atoms. The quantitative estimate of drug-likeness (QED) is 0.842. The summed E-state index contributed by atoms with van der Waals surface area (Å²) in [7, 11) is 0. The summed E-state index contributed by atoms with van der Waals surface area (Å²) in [5.41, 5.74) is 0.752. The highest BCUT2D eigenvalue weighted by Gasteiger charge is 2.22. The zero-order valence-electron chi connectivity index (χ0n) is 8.69. The fourth-order valence-electron chi connectivity index (χ4n) is 1.48. The van der Waals surface area contributed by atoms with Gasteiger partial charge in [-0.1, -0.05) is 0 Å². The van der Waals surface area contributed by atoms with Gasteiger partial charge in [0.05, 0.1) is 26.2 Å². The molecule has 5 heteroatoms. The van der Waals surface area contributed by atoms with Gasteiger partial charge in [0.2, 0.25) is 0 Å². The van der Waals surface area contributed by atoms with Crippen molar-refractivity contribution in [3.05, 3.63) is 28.5 Å². The average Bonchev–Trinajstić information content (AvgIpc) is 2.33. The third-order valence-corrected chi connectivity index (χ3v) is 2.79. The summed E-state index contributed by atoms with van der Waals surface area (Å²) in [6, 6.07) is 3.69. The van der Waals surface area contributed by atoms with Crippen molar-refractivity contribution in [3.8, 4) is 0 Å². The van der Waals surface area contributed by atoms with Gasteiger partial charge in [0.25, 0.3) is 0 Å². The van der Waals surface area contributed by atoms with E-state index in [-0.39, 0.29) is 5.78 Å². The molecule has 1 unspecified atom stereocenters. The van der Waals surface area contributed by atoms with E-state index in [0.29, 0.717) is 26.2 Å². The summed E-state index contributed by atoms with van der Waals surface area (Å²) >= 11 is 3.30. The zero-order valence-corrected chi connectivity index (χ0v) is 10.3. The van der Waals surface area contributed by atoms with E-state index in [4.69, 9.17) is 9.47 Å². The molecular formula is C11H12BrNO3. The number of Topliss-reactive ketones (excluding diaryl/α,β-unsaturated/α-hetero) is 1. The molecule has 2 heterocycles. The van der Waals surface area contributed by atoms with Crippen molar-refractivity contribution in [1.82, 2.24) is 4.98 Å². The number of hydrogen-bond donors (Lipinski definition) is 0. The molecule has 0 N–H and O–H groups in total. The van der Waals surface area contributed by atoms with Gasteiger partial charge in [-0.15, -0.1) is 0 Å². The molecular weight excluding hydrogens is 274 g/mol. The van der Waals surface area contributed by atoms with Gasteiger partial charge >= 0.3 is 0 Å². The molecule has 0 saturated carbocycles. The van der Waals surface area contributed by atoms with Crippen LogP contribution in [0.15, 0.2) is 22.8 Å². The first-order valence-corrected chi connectivity index (χ1v) is 5.87. The van der Waals surface area contributed by atoms with Gasteiger partial charge < -0.3 is 9.47 Å². The van der Waals surface area contributed by atoms with Crippen LogP contribution in [-0.4, -0.2) is 36.7 Å². The number of ketones is 1. The topological polar surface area (TPSA) is 48.4 Å². The maximum Gasteiger partial charge on any atom is 0.169 e. The van der Waals surface area contributed by atoms with Crippen molar-refractivity contribution in [2.75, 3.05) is 19.8 Å². The van der Waals surface area contributed by atoms with Gasteiger partial charge in [-0.2, -0.15) is 0 Å². The first-order chi connectivity index (χ1) is 7.75. The summed E-state index contributed by atoms with van der Waals surface area (Å²) in [5.74, 6) is 0.0227. The third kappa shape index (κ3) is 3.10. The monoisotopic (exact) mass is 285 g/mol. The van der Waals surface area contributed by atoms with E-state index in [9.17, 15) is 4.79 Å². The number of rotatable bonds is 3. The van der Waals surface area contributed by atoms with Crippen molar-refractivity contribution in [2.45, 2.75) is 12.5 Å². The normalized spacial score (nSPS) is 20.7. The Hall–Kier alpha value is -0.780. The fourth-order valence-corrected chi connectivity index (χ4v) is 1.71. The second-order valence-corrected chi connectivity index (χ2v) is 4.46. The van der Waals surface area contributed by atoms with Gasteiger partial charge in [0.1, 0.15) is 6.10 Å². The number of nitrogens with zero attached hydrogens (tertiary/aromatic N) is 1. The summed E-state index contributed by atoms with van der Waals surface area (Å²) in [5, 5.41) is 0. The summed E-state index contributed by atoms with van der Waals surface area (Å²) in [6.45, 7) is 1.42. The van der Waals surface area contributed by atoms with Gasteiger partial charge in [-0.05, 0) is 28.1 Å². The highest BCUT2D eigenvalue weighted by Crippen LogP contribution is 2.10. The van der Waals surface area contributed by atoms with Crippen molar-refractivity contribution >= 4 is 21.7 Å². The maximum absolute atomic E-state index is 11.8. The lowest BCUT2D eigenvalue weighted by molar-refractivity contribution is -0.144. The fraction of sp³-hybridized carbons (Fsp3) is 0.455. The van der Waals surface area contributed by atoms with Crippen LogP contribution in [0.4, 0.5) is 0 Å². The Morgan fingerprint density at radius 1 is 1.50 bits per heavy atom. The van der Waals surface area contributed by atoms with Crippen LogP contribution in [0.25, 0.3) is 0 Å². The van der Waals surface area contributed by atoms with E-state index in [2.05, 4.69) is 20.9 Å². The molecule has 1 aliphatic heterocycles. The number of aromatic nitrogens is 1. The Morgan fingerprint density at radius 2 is 2.38 bits per heavy atom. The van der Waals surface area contributed by atoms with E-state index in [1.807, 2.05) is 12.1 Å². The van der Waals surface area contributed by atoms with Gasteiger partial charge in [0.15, 0.2) is 5.78 Å². The molecule has 4 nitrogen and oxygen atoms in total. The van der Waals surface area contributed by atoms with Crippen molar-refractivity contribution < 1.29 is 14.3 Å². The van der Waals surface area contributed by atoms with Crippen LogP contribution in [-0.2, 0) is 20.7 Å². The number of carbonyl (C=O) groups excluding carboxylic acids is 1. The molecule has 2 rings (SSSR count). The van der Waals surface area contributed by atoms with Crippen LogP contribution in [0.2, 0.25) is 0 Å². The largest absolute Gasteiger partial charge is 0.376 e. The van der Waals surface area contributed by atoms with E-state index in [1.165, 1.54) is 0 Å². The summed E-state index contributed by atoms with van der Waals surface area (Å²) in [4.78, 5) is 15.9. The summed E-state index contributed by atoms with van der Waals surface area (Å²) < 4.78 is 11.4. The molecule has 0 aliphatic carbocycles. The van der Waals surface area contributed by atoms with E-state index in [1.54, 1.807) is 6.20 Å². The highest BCUT2D eigenvalue weighted by atomic mass is 79.9. The standard InChI is InChI=1S/C11H12BrNO3/c12-8-1-2-9(13-6-8)5-10(14)11-7-15-3-4-16-11/h1-2,6,11H,3-5,7H2. The zero-order chi connectivity index (χ0) is 11.4. The smallest absolute Gasteiger partial charge is 0.169 e. The van der Waals surface area contributed by atoms with Crippen molar-refractivity contribution in [1.29, 1.82) is 0 Å². The Bertz CT molecular complexity index is 360.